The molecule has 0 radical (unpaired) electrons. The standard InChI is InChI=1S/C28H39N5O3/c1-4-14-31-19-23(28(30-31)12-8-6-5-7-9-13-28)22-16-24-26(29-17-22)33(21(3)34)20(2)18-32(24)27(35)25-11-10-15-36-25/h10-11,15-17,20,23,30H,4-9,12-14,18-19H2,1-3H3/t20-,23?/m0/s1. The predicted octanol–water partition coefficient (Wildman–Crippen LogP) is 4.87. The number of amides is 2. The van der Waals surface area contributed by atoms with Crippen molar-refractivity contribution in [3.8, 4) is 0 Å². The molecule has 1 spiro atoms. The van der Waals surface area contributed by atoms with Crippen molar-refractivity contribution in [3.63, 3.8) is 0 Å². The smallest absolute Gasteiger partial charge is 0.294 e. The Morgan fingerprint density at radius 2 is 1.92 bits per heavy atom. The Morgan fingerprint density at radius 1 is 1.17 bits per heavy atom. The lowest BCUT2D eigenvalue weighted by Gasteiger charge is -2.41. The minimum Gasteiger partial charge on any atom is -0.459 e. The summed E-state index contributed by atoms with van der Waals surface area (Å²) in [5.74, 6) is 0.844. The van der Waals surface area contributed by atoms with E-state index in [2.05, 4.69) is 23.4 Å². The fourth-order valence-electron chi connectivity index (χ4n) is 6.55. The normalized spacial score (nSPS) is 24.4. The van der Waals surface area contributed by atoms with Gasteiger partial charge in [0.25, 0.3) is 5.91 Å². The maximum absolute atomic E-state index is 13.5. The van der Waals surface area contributed by atoms with E-state index in [9.17, 15) is 9.59 Å². The van der Waals surface area contributed by atoms with Gasteiger partial charge < -0.3 is 9.32 Å². The third kappa shape index (κ3) is 4.57. The van der Waals surface area contributed by atoms with E-state index in [1.54, 1.807) is 28.9 Å². The Labute approximate surface area is 214 Å². The first-order valence-electron chi connectivity index (χ1n) is 13.6. The molecule has 1 N–H and O–H groups in total. The van der Waals surface area contributed by atoms with Gasteiger partial charge in [0.1, 0.15) is 0 Å². The number of fused-ring (bicyclic) bond motifs is 1. The zero-order valence-corrected chi connectivity index (χ0v) is 21.8. The summed E-state index contributed by atoms with van der Waals surface area (Å²) >= 11 is 0. The highest BCUT2D eigenvalue weighted by Gasteiger charge is 2.47. The summed E-state index contributed by atoms with van der Waals surface area (Å²) in [6, 6.07) is 5.35. The SMILES string of the molecule is CCCN1CC(c2cnc3c(c2)N(C(=O)c2ccco2)C[C@H](C)N3C(C)=O)C2(CCCCCCC2)N1. The highest BCUT2D eigenvalue weighted by atomic mass is 16.3. The molecule has 1 saturated carbocycles. The lowest BCUT2D eigenvalue weighted by molar-refractivity contribution is -0.117. The highest BCUT2D eigenvalue weighted by Crippen LogP contribution is 2.45. The number of aromatic nitrogens is 1. The summed E-state index contributed by atoms with van der Waals surface area (Å²) in [5.41, 5.74) is 5.77. The van der Waals surface area contributed by atoms with Gasteiger partial charge in [0, 0.05) is 44.2 Å². The van der Waals surface area contributed by atoms with Crippen molar-refractivity contribution in [2.24, 2.45) is 0 Å². The number of anilines is 2. The topological polar surface area (TPSA) is 81.9 Å². The third-order valence-electron chi connectivity index (χ3n) is 8.18. The lowest BCUT2D eigenvalue weighted by atomic mass is 9.73. The van der Waals surface area contributed by atoms with Gasteiger partial charge in [-0.2, -0.15) is 0 Å². The number of hydrogen-bond donors (Lipinski definition) is 1. The molecular weight excluding hydrogens is 454 g/mol. The third-order valence-corrected chi connectivity index (χ3v) is 8.18. The molecule has 0 bridgehead atoms. The summed E-state index contributed by atoms with van der Waals surface area (Å²) in [7, 11) is 0. The molecule has 1 aliphatic carbocycles. The molecule has 8 nitrogen and oxygen atoms in total. The van der Waals surface area contributed by atoms with E-state index in [0.717, 1.165) is 37.9 Å². The van der Waals surface area contributed by atoms with Crippen molar-refractivity contribution in [2.45, 2.75) is 89.6 Å². The Morgan fingerprint density at radius 3 is 2.58 bits per heavy atom. The van der Waals surface area contributed by atoms with E-state index in [1.807, 2.05) is 13.1 Å². The molecule has 36 heavy (non-hydrogen) atoms. The van der Waals surface area contributed by atoms with Crippen molar-refractivity contribution in [1.82, 2.24) is 15.4 Å². The van der Waals surface area contributed by atoms with Gasteiger partial charge in [-0.25, -0.2) is 15.4 Å². The molecule has 0 aromatic carbocycles. The number of pyridine rings is 1. The van der Waals surface area contributed by atoms with E-state index in [4.69, 9.17) is 9.40 Å². The number of furan rings is 1. The molecule has 2 aromatic heterocycles. The molecule has 8 heteroatoms. The average molecular weight is 494 g/mol. The first-order chi connectivity index (χ1) is 17.4. The average Bonchev–Trinajstić information content (AvgIpc) is 3.49. The maximum Gasteiger partial charge on any atom is 0.294 e. The summed E-state index contributed by atoms with van der Waals surface area (Å²) < 4.78 is 5.45. The number of nitrogens with one attached hydrogen (secondary N) is 1. The Balaban J connectivity index is 1.57. The van der Waals surface area contributed by atoms with Crippen molar-refractivity contribution in [1.29, 1.82) is 0 Å². The maximum atomic E-state index is 13.5. The number of carbonyl (C=O) groups excluding carboxylic acids is 2. The molecule has 3 aliphatic rings. The fraction of sp³-hybridized carbons (Fsp3) is 0.607. The van der Waals surface area contributed by atoms with Gasteiger partial charge in [0.15, 0.2) is 11.6 Å². The van der Waals surface area contributed by atoms with Gasteiger partial charge >= 0.3 is 0 Å². The molecule has 2 amide bonds. The summed E-state index contributed by atoms with van der Waals surface area (Å²) in [6.07, 6.45) is 13.2. The molecule has 5 rings (SSSR count). The van der Waals surface area contributed by atoms with Crippen LogP contribution in [0, 0.1) is 0 Å². The largest absolute Gasteiger partial charge is 0.459 e. The number of hydrazine groups is 1. The van der Waals surface area contributed by atoms with Crippen LogP contribution < -0.4 is 15.2 Å². The van der Waals surface area contributed by atoms with Crippen LogP contribution in [0.5, 0.6) is 0 Å². The van der Waals surface area contributed by atoms with Crippen molar-refractivity contribution >= 4 is 23.3 Å². The zero-order chi connectivity index (χ0) is 25.3. The van der Waals surface area contributed by atoms with E-state index < -0.39 is 0 Å². The van der Waals surface area contributed by atoms with Gasteiger partial charge in [0.2, 0.25) is 5.91 Å². The van der Waals surface area contributed by atoms with Gasteiger partial charge in [-0.3, -0.25) is 14.5 Å². The molecule has 194 valence electrons. The van der Waals surface area contributed by atoms with Crippen LogP contribution in [0.3, 0.4) is 0 Å². The van der Waals surface area contributed by atoms with E-state index >= 15 is 0 Å². The summed E-state index contributed by atoms with van der Waals surface area (Å²) in [6.45, 7) is 8.06. The van der Waals surface area contributed by atoms with Gasteiger partial charge in [0.05, 0.1) is 18.0 Å². The van der Waals surface area contributed by atoms with Crippen LogP contribution in [-0.2, 0) is 4.79 Å². The number of nitrogens with zero attached hydrogens (tertiary/aromatic N) is 4. The fourth-order valence-corrected chi connectivity index (χ4v) is 6.55. The number of hydrogen-bond acceptors (Lipinski definition) is 6. The monoisotopic (exact) mass is 493 g/mol. The second kappa shape index (κ2) is 10.3. The first kappa shape index (κ1) is 25.0. The molecular formula is C28H39N5O3. The summed E-state index contributed by atoms with van der Waals surface area (Å²) in [5, 5.41) is 2.39. The van der Waals surface area contributed by atoms with E-state index in [1.165, 1.54) is 38.4 Å². The number of rotatable bonds is 4. The van der Waals surface area contributed by atoms with Crippen LogP contribution in [0.2, 0.25) is 0 Å². The molecule has 2 fully saturated rings. The van der Waals surface area contributed by atoms with Crippen LogP contribution >= 0.6 is 0 Å². The van der Waals surface area contributed by atoms with E-state index in [-0.39, 0.29) is 29.3 Å². The van der Waals surface area contributed by atoms with Gasteiger partial charge in [-0.15, -0.1) is 0 Å². The molecule has 1 unspecified atom stereocenters. The van der Waals surface area contributed by atoms with Crippen LogP contribution in [0.25, 0.3) is 0 Å². The zero-order valence-electron chi connectivity index (χ0n) is 21.8. The molecule has 1 saturated heterocycles. The van der Waals surface area contributed by atoms with E-state index in [0.29, 0.717) is 23.8 Å². The minimum atomic E-state index is -0.201. The molecule has 4 heterocycles. The van der Waals surface area contributed by atoms with Crippen LogP contribution in [0.15, 0.2) is 35.1 Å². The molecule has 2 aliphatic heterocycles. The van der Waals surface area contributed by atoms with Gasteiger partial charge in [-0.1, -0.05) is 39.0 Å². The molecule has 2 aromatic rings. The summed E-state index contributed by atoms with van der Waals surface area (Å²) in [4.78, 5) is 34.4. The predicted molar refractivity (Wildman–Crippen MR) is 140 cm³/mol. The van der Waals surface area contributed by atoms with Crippen LogP contribution in [0.4, 0.5) is 11.5 Å². The van der Waals surface area contributed by atoms with Crippen molar-refractivity contribution in [2.75, 3.05) is 29.4 Å². The Kier molecular flexibility index (Phi) is 7.17. The minimum absolute atomic E-state index is 0.00355. The first-order valence-corrected chi connectivity index (χ1v) is 13.6. The van der Waals surface area contributed by atoms with Crippen LogP contribution in [-0.4, -0.2) is 53.0 Å². The Bertz CT molecular complexity index is 1080. The number of carbonyl (C=O) groups is 2. The van der Waals surface area contributed by atoms with Gasteiger partial charge in [-0.05, 0) is 49.9 Å². The second-order valence-corrected chi connectivity index (χ2v) is 10.8. The lowest BCUT2D eigenvalue weighted by Crippen LogP contribution is -2.52. The highest BCUT2D eigenvalue weighted by molar-refractivity contribution is 6.08. The van der Waals surface area contributed by atoms with Crippen LogP contribution in [0.1, 0.15) is 94.2 Å². The second-order valence-electron chi connectivity index (χ2n) is 10.8. The van der Waals surface area contributed by atoms with Crippen molar-refractivity contribution < 1.29 is 14.0 Å². The quantitative estimate of drug-likeness (QED) is 0.654. The van der Waals surface area contributed by atoms with Crippen molar-refractivity contribution in [3.05, 3.63) is 42.0 Å². The molecule has 2 atom stereocenters. The Hall–Kier alpha value is -2.71.